The Morgan fingerprint density at radius 2 is 1.91 bits per heavy atom. The molecule has 1 saturated carbocycles. The molecule has 0 aliphatic heterocycles. The van der Waals surface area contributed by atoms with Crippen molar-refractivity contribution in [2.45, 2.75) is 12.0 Å². The monoisotopic (exact) mass is 320 g/mol. The second-order valence-corrected chi connectivity index (χ2v) is 5.15. The van der Waals surface area contributed by atoms with E-state index in [-0.39, 0.29) is 13.0 Å². The Bertz CT molecular complexity index is 645. The van der Waals surface area contributed by atoms with Gasteiger partial charge < -0.3 is 20.5 Å². The van der Waals surface area contributed by atoms with Gasteiger partial charge in [0, 0.05) is 5.56 Å². The summed E-state index contributed by atoms with van der Waals surface area (Å²) in [5.41, 5.74) is -1.16. The summed E-state index contributed by atoms with van der Waals surface area (Å²) in [7, 11) is 1.12. The van der Waals surface area contributed by atoms with E-state index in [4.69, 9.17) is 5.11 Å². The van der Waals surface area contributed by atoms with Gasteiger partial charge in [0.25, 0.3) is 5.91 Å². The highest BCUT2D eigenvalue weighted by Gasteiger charge is 2.66. The maximum atomic E-state index is 11.9. The molecule has 1 aromatic rings. The lowest BCUT2D eigenvalue weighted by Crippen LogP contribution is -2.49. The van der Waals surface area contributed by atoms with E-state index >= 15 is 0 Å². The van der Waals surface area contributed by atoms with Gasteiger partial charge in [0.1, 0.15) is 0 Å². The molecule has 0 unspecified atom stereocenters. The lowest BCUT2D eigenvalue weighted by Gasteiger charge is -2.16. The molecule has 0 spiro atoms. The molecule has 8 heteroatoms. The summed E-state index contributed by atoms with van der Waals surface area (Å²) in [5.74, 6) is -4.14. The van der Waals surface area contributed by atoms with Gasteiger partial charge in [-0.05, 0) is 18.6 Å². The fraction of sp³-hybridized carbons (Fsp3) is 0.333. The standard InChI is InChI=1S/C15H16N2O6/c1-23-14(22)15(7-10(15)13(20)21)17-11(18)8-16-12(19)9-5-3-2-4-6-9/h2-6,10H,7-8H2,1H3,(H,16,19)(H,17,18)(H,20,21)/t10-,15-/m1/s1. The fourth-order valence-corrected chi connectivity index (χ4v) is 2.30. The van der Waals surface area contributed by atoms with Gasteiger partial charge in [0.2, 0.25) is 5.91 Å². The Balaban J connectivity index is 1.92. The molecule has 1 aliphatic rings. The van der Waals surface area contributed by atoms with Crippen LogP contribution in [0.1, 0.15) is 16.8 Å². The molecular weight excluding hydrogens is 304 g/mol. The number of aliphatic carboxylic acids is 1. The van der Waals surface area contributed by atoms with Crippen LogP contribution >= 0.6 is 0 Å². The highest BCUT2D eigenvalue weighted by atomic mass is 16.5. The first-order valence-corrected chi connectivity index (χ1v) is 6.86. The Morgan fingerprint density at radius 1 is 1.26 bits per heavy atom. The number of methoxy groups -OCH3 is 1. The number of hydrogen-bond donors (Lipinski definition) is 3. The van der Waals surface area contributed by atoms with E-state index in [2.05, 4.69) is 15.4 Å². The Morgan fingerprint density at radius 3 is 2.43 bits per heavy atom. The van der Waals surface area contributed by atoms with Crippen molar-refractivity contribution in [3.63, 3.8) is 0 Å². The molecule has 0 aromatic heterocycles. The molecule has 0 bridgehead atoms. The third-order valence-electron chi connectivity index (χ3n) is 3.62. The SMILES string of the molecule is COC(=O)[C@@]1(NC(=O)CNC(=O)c2ccccc2)C[C@@H]1C(=O)O. The number of carbonyl (C=O) groups is 4. The molecule has 0 heterocycles. The summed E-state index contributed by atoms with van der Waals surface area (Å²) in [6.45, 7) is -0.376. The van der Waals surface area contributed by atoms with Crippen LogP contribution in [0, 0.1) is 5.92 Å². The van der Waals surface area contributed by atoms with Crippen molar-refractivity contribution in [2.24, 2.45) is 5.92 Å². The number of ether oxygens (including phenoxy) is 1. The van der Waals surface area contributed by atoms with Gasteiger partial charge in [-0.15, -0.1) is 0 Å². The minimum absolute atomic E-state index is 0.0343. The Labute approximate surface area is 131 Å². The van der Waals surface area contributed by atoms with Gasteiger partial charge in [-0.25, -0.2) is 4.79 Å². The highest BCUT2D eigenvalue weighted by molar-refractivity contribution is 6.00. The Kier molecular flexibility index (Phi) is 4.63. The van der Waals surface area contributed by atoms with Crippen LogP contribution in [0.15, 0.2) is 30.3 Å². The zero-order chi connectivity index (χ0) is 17.0. The lowest BCUT2D eigenvalue weighted by atomic mass is 10.2. The number of amides is 2. The molecule has 0 saturated heterocycles. The van der Waals surface area contributed by atoms with Crippen LogP contribution in [0.3, 0.4) is 0 Å². The number of carbonyl (C=O) groups excluding carboxylic acids is 3. The molecule has 1 aromatic carbocycles. The predicted molar refractivity (Wildman–Crippen MR) is 77.4 cm³/mol. The normalized spacial score (nSPS) is 21.9. The van der Waals surface area contributed by atoms with Gasteiger partial charge in [-0.1, -0.05) is 18.2 Å². The van der Waals surface area contributed by atoms with E-state index in [9.17, 15) is 19.2 Å². The third-order valence-corrected chi connectivity index (χ3v) is 3.62. The molecule has 3 N–H and O–H groups in total. The summed E-state index contributed by atoms with van der Waals surface area (Å²) >= 11 is 0. The quantitative estimate of drug-likeness (QED) is 0.610. The second-order valence-electron chi connectivity index (χ2n) is 5.15. The van der Waals surface area contributed by atoms with Crippen molar-refractivity contribution in [2.75, 3.05) is 13.7 Å². The average molecular weight is 320 g/mol. The predicted octanol–water partition coefficient (Wildman–Crippen LogP) is -0.451. The van der Waals surface area contributed by atoms with Crippen LogP contribution in [0.4, 0.5) is 0 Å². The van der Waals surface area contributed by atoms with Crippen molar-refractivity contribution in [1.29, 1.82) is 0 Å². The van der Waals surface area contributed by atoms with Crippen LogP contribution in [-0.4, -0.2) is 48.1 Å². The van der Waals surface area contributed by atoms with Crippen molar-refractivity contribution >= 4 is 23.8 Å². The number of hydrogen-bond acceptors (Lipinski definition) is 5. The van der Waals surface area contributed by atoms with E-state index in [0.717, 1.165) is 7.11 Å². The second kappa shape index (κ2) is 6.47. The number of esters is 1. The maximum Gasteiger partial charge on any atom is 0.332 e. The zero-order valence-electron chi connectivity index (χ0n) is 12.4. The summed E-state index contributed by atoms with van der Waals surface area (Å²) in [6.07, 6.45) is -0.0343. The molecule has 23 heavy (non-hydrogen) atoms. The molecule has 1 aliphatic carbocycles. The van der Waals surface area contributed by atoms with E-state index in [1.807, 2.05) is 0 Å². The van der Waals surface area contributed by atoms with Gasteiger partial charge in [-0.2, -0.15) is 0 Å². The van der Waals surface area contributed by atoms with E-state index in [0.29, 0.717) is 5.56 Å². The first-order valence-electron chi connectivity index (χ1n) is 6.86. The number of carboxylic acids is 1. The van der Waals surface area contributed by atoms with E-state index < -0.39 is 35.2 Å². The van der Waals surface area contributed by atoms with Gasteiger partial charge in [-0.3, -0.25) is 14.4 Å². The molecular formula is C15H16N2O6. The molecule has 122 valence electrons. The van der Waals surface area contributed by atoms with E-state index in [1.54, 1.807) is 30.3 Å². The van der Waals surface area contributed by atoms with Gasteiger partial charge in [0.15, 0.2) is 5.54 Å². The van der Waals surface area contributed by atoms with Crippen LogP contribution in [0.2, 0.25) is 0 Å². The van der Waals surface area contributed by atoms with E-state index in [1.165, 1.54) is 0 Å². The molecule has 0 radical (unpaired) electrons. The largest absolute Gasteiger partial charge is 0.481 e. The number of rotatable bonds is 6. The topological polar surface area (TPSA) is 122 Å². The Hall–Kier alpha value is -2.90. The van der Waals surface area contributed by atoms with Crippen molar-refractivity contribution in [3.8, 4) is 0 Å². The molecule has 8 nitrogen and oxygen atoms in total. The summed E-state index contributed by atoms with van der Waals surface area (Å²) in [4.78, 5) is 46.4. The molecule has 2 rings (SSSR count). The van der Waals surface area contributed by atoms with Crippen molar-refractivity contribution < 1.29 is 29.0 Å². The number of benzene rings is 1. The van der Waals surface area contributed by atoms with Crippen LogP contribution in [0.5, 0.6) is 0 Å². The first-order chi connectivity index (χ1) is 10.9. The van der Waals surface area contributed by atoms with Crippen LogP contribution in [0.25, 0.3) is 0 Å². The van der Waals surface area contributed by atoms with Gasteiger partial charge in [0.05, 0.1) is 19.6 Å². The van der Waals surface area contributed by atoms with Crippen LogP contribution in [-0.2, 0) is 19.1 Å². The fourth-order valence-electron chi connectivity index (χ4n) is 2.30. The highest BCUT2D eigenvalue weighted by Crippen LogP contribution is 2.44. The summed E-state index contributed by atoms with van der Waals surface area (Å²) in [5, 5.41) is 13.7. The molecule has 1 fully saturated rings. The molecule has 2 atom stereocenters. The first kappa shape index (κ1) is 16.5. The maximum absolute atomic E-state index is 11.9. The lowest BCUT2D eigenvalue weighted by molar-refractivity contribution is -0.150. The zero-order valence-corrected chi connectivity index (χ0v) is 12.4. The number of nitrogens with one attached hydrogen (secondary N) is 2. The van der Waals surface area contributed by atoms with Crippen molar-refractivity contribution in [3.05, 3.63) is 35.9 Å². The van der Waals surface area contributed by atoms with Crippen molar-refractivity contribution in [1.82, 2.24) is 10.6 Å². The minimum atomic E-state index is -1.55. The van der Waals surface area contributed by atoms with Gasteiger partial charge >= 0.3 is 11.9 Å². The summed E-state index contributed by atoms with van der Waals surface area (Å²) in [6, 6.07) is 8.30. The molecule has 2 amide bonds. The summed E-state index contributed by atoms with van der Waals surface area (Å²) < 4.78 is 4.55. The third kappa shape index (κ3) is 3.47. The minimum Gasteiger partial charge on any atom is -0.481 e. The number of carboxylic acid groups (broad SMARTS) is 1. The smallest absolute Gasteiger partial charge is 0.332 e. The average Bonchev–Trinajstić information content (AvgIpc) is 3.28. The van der Waals surface area contributed by atoms with Crippen LogP contribution < -0.4 is 10.6 Å².